The average Bonchev–Trinajstić information content (AvgIpc) is 2.98. The molecule has 142 valence electrons. The van der Waals surface area contributed by atoms with Crippen LogP contribution in [0.2, 0.25) is 0 Å². The molecular formula is C20H29N3O3. The summed E-state index contributed by atoms with van der Waals surface area (Å²) < 4.78 is 16.7. The van der Waals surface area contributed by atoms with Gasteiger partial charge in [0.15, 0.2) is 11.5 Å². The number of piperidine rings is 1. The standard InChI is InChI=1S/C20H29N3O3/c1-14-18(15(2)26-22-14)13-25-19-8-7-16(10-20(19)24-4)11-23-9-5-6-17(12-23)21-3/h7-8,10,17,21H,5-6,9,11-13H2,1-4H3. The highest BCUT2D eigenvalue weighted by Crippen LogP contribution is 2.30. The molecule has 26 heavy (non-hydrogen) atoms. The quantitative estimate of drug-likeness (QED) is 0.820. The van der Waals surface area contributed by atoms with Gasteiger partial charge in [-0.15, -0.1) is 0 Å². The molecule has 1 aromatic heterocycles. The van der Waals surface area contributed by atoms with Crippen LogP contribution in [0.1, 0.15) is 35.4 Å². The lowest BCUT2D eigenvalue weighted by molar-refractivity contribution is 0.187. The number of hydrogen-bond acceptors (Lipinski definition) is 6. The highest BCUT2D eigenvalue weighted by molar-refractivity contribution is 5.43. The van der Waals surface area contributed by atoms with Gasteiger partial charge in [-0.2, -0.15) is 0 Å². The van der Waals surface area contributed by atoms with Gasteiger partial charge in [0.2, 0.25) is 0 Å². The molecule has 1 atom stereocenters. The van der Waals surface area contributed by atoms with E-state index in [0.29, 0.717) is 12.6 Å². The molecule has 0 spiro atoms. The monoisotopic (exact) mass is 359 g/mol. The molecule has 3 rings (SSSR count). The van der Waals surface area contributed by atoms with E-state index in [1.54, 1.807) is 7.11 Å². The number of likely N-dealkylation sites (N-methyl/N-ethyl adjacent to an activating group) is 1. The SMILES string of the molecule is CNC1CCCN(Cc2ccc(OCc3c(C)noc3C)c(OC)c2)C1. The van der Waals surface area contributed by atoms with Crippen LogP contribution in [0.4, 0.5) is 0 Å². The molecule has 1 saturated heterocycles. The molecule has 1 unspecified atom stereocenters. The van der Waals surface area contributed by atoms with E-state index in [1.165, 1.54) is 18.4 Å². The van der Waals surface area contributed by atoms with E-state index < -0.39 is 0 Å². The largest absolute Gasteiger partial charge is 0.493 e. The van der Waals surface area contributed by atoms with Crippen LogP contribution >= 0.6 is 0 Å². The second kappa shape index (κ2) is 8.56. The van der Waals surface area contributed by atoms with Crippen molar-refractivity contribution in [1.29, 1.82) is 0 Å². The summed E-state index contributed by atoms with van der Waals surface area (Å²) in [6.07, 6.45) is 2.49. The molecule has 1 aromatic carbocycles. The molecular weight excluding hydrogens is 330 g/mol. The van der Waals surface area contributed by atoms with Crippen LogP contribution in [0.15, 0.2) is 22.7 Å². The fourth-order valence-corrected chi connectivity index (χ4v) is 3.48. The van der Waals surface area contributed by atoms with Gasteiger partial charge in [-0.3, -0.25) is 4.90 Å². The zero-order chi connectivity index (χ0) is 18.5. The number of methoxy groups -OCH3 is 1. The molecule has 0 aliphatic carbocycles. The fraction of sp³-hybridized carbons (Fsp3) is 0.550. The maximum absolute atomic E-state index is 5.96. The molecule has 1 fully saturated rings. The Morgan fingerprint density at radius 3 is 2.85 bits per heavy atom. The van der Waals surface area contributed by atoms with Gasteiger partial charge >= 0.3 is 0 Å². The molecule has 0 radical (unpaired) electrons. The van der Waals surface area contributed by atoms with Gasteiger partial charge < -0.3 is 19.3 Å². The zero-order valence-electron chi connectivity index (χ0n) is 16.2. The second-order valence-electron chi connectivity index (χ2n) is 6.94. The molecule has 1 aliphatic heterocycles. The minimum Gasteiger partial charge on any atom is -0.493 e. The van der Waals surface area contributed by atoms with E-state index in [0.717, 1.165) is 48.2 Å². The predicted molar refractivity (Wildman–Crippen MR) is 101 cm³/mol. The minimum absolute atomic E-state index is 0.423. The second-order valence-corrected chi connectivity index (χ2v) is 6.94. The summed E-state index contributed by atoms with van der Waals surface area (Å²) in [4.78, 5) is 2.49. The van der Waals surface area contributed by atoms with Crippen molar-refractivity contribution < 1.29 is 14.0 Å². The Morgan fingerprint density at radius 1 is 1.31 bits per heavy atom. The normalized spacial score (nSPS) is 18.1. The highest BCUT2D eigenvalue weighted by atomic mass is 16.5. The number of rotatable bonds is 7. The Kier molecular flexibility index (Phi) is 6.16. The lowest BCUT2D eigenvalue weighted by Crippen LogP contribution is -2.43. The Labute approximate surface area is 155 Å². The fourth-order valence-electron chi connectivity index (χ4n) is 3.48. The third kappa shape index (κ3) is 4.37. The lowest BCUT2D eigenvalue weighted by Gasteiger charge is -2.32. The number of benzene rings is 1. The molecule has 2 aromatic rings. The Hall–Kier alpha value is -2.05. The van der Waals surface area contributed by atoms with Crippen molar-refractivity contribution in [3.8, 4) is 11.5 Å². The third-order valence-electron chi connectivity index (χ3n) is 5.10. The van der Waals surface area contributed by atoms with Crippen LogP contribution in [0.5, 0.6) is 11.5 Å². The van der Waals surface area contributed by atoms with Crippen LogP contribution in [0.3, 0.4) is 0 Å². The van der Waals surface area contributed by atoms with Crippen LogP contribution in [-0.2, 0) is 13.2 Å². The third-order valence-corrected chi connectivity index (χ3v) is 5.10. The van der Waals surface area contributed by atoms with E-state index in [-0.39, 0.29) is 0 Å². The van der Waals surface area contributed by atoms with Gasteiger partial charge in [-0.25, -0.2) is 0 Å². The number of hydrogen-bond donors (Lipinski definition) is 1. The summed E-state index contributed by atoms with van der Waals surface area (Å²) in [5, 5.41) is 7.36. The summed E-state index contributed by atoms with van der Waals surface area (Å²) >= 11 is 0. The average molecular weight is 359 g/mol. The summed E-state index contributed by atoms with van der Waals surface area (Å²) in [5.41, 5.74) is 3.09. The topological polar surface area (TPSA) is 59.8 Å². The summed E-state index contributed by atoms with van der Waals surface area (Å²) in [6, 6.07) is 6.77. The first-order chi connectivity index (χ1) is 12.6. The van der Waals surface area contributed by atoms with Gasteiger partial charge in [-0.1, -0.05) is 11.2 Å². The smallest absolute Gasteiger partial charge is 0.161 e. The molecule has 6 nitrogen and oxygen atoms in total. The van der Waals surface area contributed by atoms with Crippen LogP contribution in [0, 0.1) is 13.8 Å². The Morgan fingerprint density at radius 2 is 2.15 bits per heavy atom. The van der Waals surface area contributed by atoms with Gasteiger partial charge in [0, 0.05) is 19.1 Å². The molecule has 0 bridgehead atoms. The van der Waals surface area contributed by atoms with Crippen molar-refractivity contribution in [1.82, 2.24) is 15.4 Å². The van der Waals surface area contributed by atoms with Crippen LogP contribution in [-0.4, -0.2) is 43.3 Å². The number of aromatic nitrogens is 1. The van der Waals surface area contributed by atoms with Crippen molar-refractivity contribution in [2.24, 2.45) is 0 Å². The number of nitrogens with zero attached hydrogens (tertiary/aromatic N) is 2. The molecule has 2 heterocycles. The maximum Gasteiger partial charge on any atom is 0.161 e. The zero-order valence-corrected chi connectivity index (χ0v) is 16.2. The number of nitrogens with one attached hydrogen (secondary N) is 1. The number of ether oxygens (including phenoxy) is 2. The predicted octanol–water partition coefficient (Wildman–Crippen LogP) is 3.06. The van der Waals surface area contributed by atoms with E-state index in [9.17, 15) is 0 Å². The lowest BCUT2D eigenvalue weighted by atomic mass is 10.0. The van der Waals surface area contributed by atoms with E-state index in [1.807, 2.05) is 27.0 Å². The van der Waals surface area contributed by atoms with Crippen LogP contribution < -0.4 is 14.8 Å². The maximum atomic E-state index is 5.96. The van der Waals surface area contributed by atoms with E-state index in [2.05, 4.69) is 27.5 Å². The Balaban J connectivity index is 1.65. The van der Waals surface area contributed by atoms with Crippen molar-refractivity contribution in [2.45, 2.75) is 45.9 Å². The van der Waals surface area contributed by atoms with E-state index in [4.69, 9.17) is 14.0 Å². The summed E-state index contributed by atoms with van der Waals surface area (Å²) in [5.74, 6) is 2.29. The van der Waals surface area contributed by atoms with Gasteiger partial charge in [0.05, 0.1) is 18.4 Å². The van der Waals surface area contributed by atoms with Crippen molar-refractivity contribution >= 4 is 0 Å². The molecule has 6 heteroatoms. The first-order valence-electron chi connectivity index (χ1n) is 9.21. The first kappa shape index (κ1) is 18.7. The summed E-state index contributed by atoms with van der Waals surface area (Å²) in [7, 11) is 3.72. The van der Waals surface area contributed by atoms with E-state index >= 15 is 0 Å². The Bertz CT molecular complexity index is 710. The van der Waals surface area contributed by atoms with Crippen molar-refractivity contribution in [2.75, 3.05) is 27.2 Å². The molecule has 1 aliphatic rings. The van der Waals surface area contributed by atoms with Gasteiger partial charge in [0.25, 0.3) is 0 Å². The summed E-state index contributed by atoms with van der Waals surface area (Å²) in [6.45, 7) is 7.40. The molecule has 0 amide bonds. The van der Waals surface area contributed by atoms with Crippen LogP contribution in [0.25, 0.3) is 0 Å². The minimum atomic E-state index is 0.423. The number of likely N-dealkylation sites (tertiary alicyclic amines) is 1. The van der Waals surface area contributed by atoms with Crippen molar-refractivity contribution in [3.05, 3.63) is 40.8 Å². The molecule has 0 saturated carbocycles. The molecule has 1 N–H and O–H groups in total. The van der Waals surface area contributed by atoms with Gasteiger partial charge in [-0.05, 0) is 58.0 Å². The highest BCUT2D eigenvalue weighted by Gasteiger charge is 2.19. The number of aryl methyl sites for hydroxylation is 2. The first-order valence-corrected chi connectivity index (χ1v) is 9.21. The van der Waals surface area contributed by atoms with Crippen molar-refractivity contribution in [3.63, 3.8) is 0 Å². The van der Waals surface area contributed by atoms with Gasteiger partial charge in [0.1, 0.15) is 12.4 Å².